The summed E-state index contributed by atoms with van der Waals surface area (Å²) in [5.74, 6) is 0. The van der Waals surface area contributed by atoms with Crippen molar-refractivity contribution in [1.29, 1.82) is 0 Å². The minimum atomic E-state index is 1.37. The van der Waals surface area contributed by atoms with Crippen molar-refractivity contribution in [2.24, 2.45) is 0 Å². The third kappa shape index (κ3) is 1.74. The van der Waals surface area contributed by atoms with E-state index in [1.807, 2.05) is 0 Å². The molecule has 4 heteroatoms. The maximum absolute atomic E-state index is 2.33. The Morgan fingerprint density at radius 1 is 0.600 bits per heavy atom. The van der Waals surface area contributed by atoms with Gasteiger partial charge in [0, 0.05) is 0 Å². The summed E-state index contributed by atoms with van der Waals surface area (Å²) >= 11 is 0. The molecule has 94 valence electrons. The zero-order valence-electron chi connectivity index (χ0n) is 13.3. The molecule has 0 saturated carbocycles. The van der Waals surface area contributed by atoms with E-state index < -0.39 is 0 Å². The van der Waals surface area contributed by atoms with E-state index in [0.29, 0.717) is 0 Å². The van der Waals surface area contributed by atoms with E-state index in [1.165, 1.54) is 54.5 Å². The Hall–Kier alpha value is -1.56. The molecular weight excluding hydrogens is 235 g/mol. The lowest BCUT2D eigenvalue weighted by Gasteiger charge is -2.17. The zero-order valence-corrected chi connectivity index (χ0v) is 13.3. The fourth-order valence-electron chi connectivity index (χ4n) is 3.33. The van der Waals surface area contributed by atoms with Crippen LogP contribution in [0.25, 0.3) is 21.5 Å². The summed E-state index contributed by atoms with van der Waals surface area (Å²) in [5.41, 5.74) is 8.46. The Labute approximate surface area is 124 Å². The van der Waals surface area contributed by atoms with E-state index in [9.17, 15) is 0 Å². The molecular formula is C16H18B4. The maximum atomic E-state index is 2.33. The van der Waals surface area contributed by atoms with Crippen molar-refractivity contribution in [2.75, 3.05) is 0 Å². The number of fused-ring (bicyclic) bond motifs is 3. The normalized spacial score (nSPS) is 11.3. The molecule has 0 N–H and O–H groups in total. The SMILES string of the molecule is Bc1c(C)cc2ccc3cc(C)c(B)c(B)c3c2c1B. The van der Waals surface area contributed by atoms with Crippen LogP contribution in [0.15, 0.2) is 24.3 Å². The summed E-state index contributed by atoms with van der Waals surface area (Å²) in [6.07, 6.45) is 0. The van der Waals surface area contributed by atoms with Gasteiger partial charge in [0.1, 0.15) is 31.4 Å². The summed E-state index contributed by atoms with van der Waals surface area (Å²) in [6, 6.07) is 9.19. The highest BCUT2D eigenvalue weighted by molar-refractivity contribution is 6.59. The molecule has 0 fully saturated rings. The van der Waals surface area contributed by atoms with Crippen LogP contribution in [0.2, 0.25) is 0 Å². The molecule has 0 amide bonds. The number of rotatable bonds is 0. The predicted octanol–water partition coefficient (Wildman–Crippen LogP) is -2.36. The van der Waals surface area contributed by atoms with Gasteiger partial charge in [0.15, 0.2) is 0 Å². The van der Waals surface area contributed by atoms with Crippen LogP contribution in [0.5, 0.6) is 0 Å². The topological polar surface area (TPSA) is 0 Å². The van der Waals surface area contributed by atoms with E-state index in [-0.39, 0.29) is 0 Å². The first kappa shape index (κ1) is 13.4. The van der Waals surface area contributed by atoms with Gasteiger partial charge in [-0.25, -0.2) is 0 Å². The van der Waals surface area contributed by atoms with Gasteiger partial charge in [-0.05, 0) is 35.4 Å². The summed E-state index contributed by atoms with van der Waals surface area (Å²) in [5, 5.41) is 5.60. The highest BCUT2D eigenvalue weighted by Gasteiger charge is 2.11. The Balaban J connectivity index is 2.66. The second-order valence-corrected chi connectivity index (χ2v) is 6.15. The first-order valence-corrected chi connectivity index (χ1v) is 7.32. The first-order valence-electron chi connectivity index (χ1n) is 7.32. The Kier molecular flexibility index (Phi) is 3.01. The largest absolute Gasteiger partial charge is 0.139 e. The van der Waals surface area contributed by atoms with Gasteiger partial charge in [0.05, 0.1) is 0 Å². The zero-order chi connectivity index (χ0) is 14.6. The highest BCUT2D eigenvalue weighted by Crippen LogP contribution is 2.22. The van der Waals surface area contributed by atoms with Gasteiger partial charge < -0.3 is 0 Å². The summed E-state index contributed by atoms with van der Waals surface area (Å²) in [7, 11) is 9.00. The van der Waals surface area contributed by atoms with Crippen molar-refractivity contribution in [2.45, 2.75) is 13.8 Å². The summed E-state index contributed by atoms with van der Waals surface area (Å²) in [6.45, 7) is 4.42. The first-order chi connectivity index (χ1) is 9.41. The van der Waals surface area contributed by atoms with Gasteiger partial charge in [0.25, 0.3) is 0 Å². The smallest absolute Gasteiger partial charge is 0.0916 e. The second-order valence-electron chi connectivity index (χ2n) is 6.15. The van der Waals surface area contributed by atoms with Gasteiger partial charge in [-0.3, -0.25) is 0 Å². The van der Waals surface area contributed by atoms with Crippen molar-refractivity contribution >= 4 is 74.8 Å². The Bertz CT molecular complexity index is 793. The van der Waals surface area contributed by atoms with Gasteiger partial charge in [-0.2, -0.15) is 0 Å². The van der Waals surface area contributed by atoms with Gasteiger partial charge in [-0.1, -0.05) is 57.2 Å². The van der Waals surface area contributed by atoms with Crippen molar-refractivity contribution in [3.05, 3.63) is 35.4 Å². The van der Waals surface area contributed by atoms with E-state index in [4.69, 9.17) is 0 Å². The van der Waals surface area contributed by atoms with Crippen molar-refractivity contribution < 1.29 is 0 Å². The molecule has 0 heterocycles. The summed E-state index contributed by atoms with van der Waals surface area (Å²) in [4.78, 5) is 0. The molecule has 0 aromatic heterocycles. The Morgan fingerprint density at radius 2 is 0.950 bits per heavy atom. The van der Waals surface area contributed by atoms with Crippen molar-refractivity contribution in [3.63, 3.8) is 0 Å². The highest BCUT2D eigenvalue weighted by atomic mass is 14.1. The quantitative estimate of drug-likeness (QED) is 0.311. The minimum Gasteiger partial charge on any atom is -0.0916 e. The molecule has 0 nitrogen and oxygen atoms in total. The fraction of sp³-hybridized carbons (Fsp3) is 0.125. The molecule has 0 spiro atoms. The predicted molar refractivity (Wildman–Crippen MR) is 104 cm³/mol. The molecule has 3 aromatic carbocycles. The third-order valence-electron chi connectivity index (χ3n) is 5.07. The van der Waals surface area contributed by atoms with Crippen molar-refractivity contribution in [3.8, 4) is 0 Å². The van der Waals surface area contributed by atoms with Crippen LogP contribution >= 0.6 is 0 Å². The molecule has 0 aliphatic rings. The lowest BCUT2D eigenvalue weighted by atomic mass is 9.70. The lowest BCUT2D eigenvalue weighted by Crippen LogP contribution is -2.32. The standard InChI is InChI=1S/C16H18B4/c1-7-5-9-3-4-10-6-8(2)14(18)16(20)12(10)11(9)15(19)13(7)17/h3-6H,17-20H2,1-2H3. The lowest BCUT2D eigenvalue weighted by molar-refractivity contribution is 1.55. The number of aryl methyl sites for hydroxylation is 2. The van der Waals surface area contributed by atoms with Gasteiger partial charge >= 0.3 is 0 Å². The third-order valence-corrected chi connectivity index (χ3v) is 5.07. The van der Waals surface area contributed by atoms with Crippen LogP contribution < -0.4 is 21.9 Å². The second kappa shape index (κ2) is 4.48. The molecule has 0 radical (unpaired) electrons. The molecule has 20 heavy (non-hydrogen) atoms. The molecule has 0 atom stereocenters. The van der Waals surface area contributed by atoms with Crippen LogP contribution in [0.3, 0.4) is 0 Å². The molecule has 3 aromatic rings. The number of hydrogen-bond donors (Lipinski definition) is 0. The van der Waals surface area contributed by atoms with E-state index in [1.54, 1.807) is 0 Å². The molecule has 0 saturated heterocycles. The van der Waals surface area contributed by atoms with Crippen LogP contribution in [0.1, 0.15) is 11.1 Å². The van der Waals surface area contributed by atoms with E-state index in [0.717, 1.165) is 0 Å². The van der Waals surface area contributed by atoms with Crippen LogP contribution in [0, 0.1) is 13.8 Å². The number of hydrogen-bond acceptors (Lipinski definition) is 0. The Morgan fingerprint density at radius 3 is 1.30 bits per heavy atom. The van der Waals surface area contributed by atoms with E-state index in [2.05, 4.69) is 69.5 Å². The molecule has 0 bridgehead atoms. The summed E-state index contributed by atoms with van der Waals surface area (Å²) < 4.78 is 0. The van der Waals surface area contributed by atoms with Crippen LogP contribution in [-0.4, -0.2) is 31.4 Å². The van der Waals surface area contributed by atoms with Crippen LogP contribution in [0.4, 0.5) is 0 Å². The van der Waals surface area contributed by atoms with Crippen molar-refractivity contribution in [1.82, 2.24) is 0 Å². The molecule has 0 aliphatic heterocycles. The minimum absolute atomic E-state index is 1.37. The van der Waals surface area contributed by atoms with Gasteiger partial charge in [-0.15, -0.1) is 0 Å². The van der Waals surface area contributed by atoms with Crippen LogP contribution in [-0.2, 0) is 0 Å². The van der Waals surface area contributed by atoms with E-state index >= 15 is 0 Å². The maximum Gasteiger partial charge on any atom is 0.139 e. The average Bonchev–Trinajstić information content (AvgIpc) is 2.42. The monoisotopic (exact) mass is 254 g/mol. The average molecular weight is 254 g/mol. The molecule has 3 rings (SSSR count). The molecule has 0 aliphatic carbocycles. The van der Waals surface area contributed by atoms with Gasteiger partial charge in [0.2, 0.25) is 0 Å². The fourth-order valence-corrected chi connectivity index (χ4v) is 3.33. The molecule has 0 unspecified atom stereocenters. The number of benzene rings is 3.